The van der Waals surface area contributed by atoms with Crippen molar-refractivity contribution in [3.8, 4) is 22.9 Å². The van der Waals surface area contributed by atoms with E-state index in [-0.39, 0.29) is 0 Å². The number of nitrogens with zero attached hydrogens (tertiary/aromatic N) is 5. The molecule has 164 valence electrons. The Balaban J connectivity index is 1.32. The molecule has 2 heterocycles. The fourth-order valence-electron chi connectivity index (χ4n) is 3.50. The summed E-state index contributed by atoms with van der Waals surface area (Å²) in [7, 11) is 3.20. The van der Waals surface area contributed by atoms with Gasteiger partial charge in [-0.1, -0.05) is 47.3 Å². The molecule has 0 atom stereocenters. The summed E-state index contributed by atoms with van der Waals surface area (Å²) in [5.74, 6) is 4.39. The van der Waals surface area contributed by atoms with Crippen molar-refractivity contribution in [3.05, 3.63) is 65.8 Å². The van der Waals surface area contributed by atoms with Gasteiger partial charge in [0.25, 0.3) is 0 Å². The lowest BCUT2D eigenvalue weighted by Gasteiger charge is -2.09. The van der Waals surface area contributed by atoms with E-state index in [1.54, 1.807) is 26.0 Å². The van der Waals surface area contributed by atoms with Crippen LogP contribution in [0.1, 0.15) is 36.0 Å². The maximum absolute atomic E-state index is 5.48. The molecule has 5 rings (SSSR count). The van der Waals surface area contributed by atoms with E-state index in [4.69, 9.17) is 14.0 Å². The van der Waals surface area contributed by atoms with Gasteiger partial charge in [0.15, 0.2) is 16.7 Å². The Bertz CT molecular complexity index is 1200. The molecule has 9 heteroatoms. The van der Waals surface area contributed by atoms with Gasteiger partial charge in [-0.25, -0.2) is 0 Å². The summed E-state index contributed by atoms with van der Waals surface area (Å²) in [4.78, 5) is 4.54. The summed E-state index contributed by atoms with van der Waals surface area (Å²) >= 11 is 1.56. The predicted molar refractivity (Wildman–Crippen MR) is 120 cm³/mol. The molecule has 1 fully saturated rings. The summed E-state index contributed by atoms with van der Waals surface area (Å²) in [6.45, 7) is 0.753. The average molecular weight is 450 g/mol. The first-order valence-electron chi connectivity index (χ1n) is 10.4. The second-order valence-electron chi connectivity index (χ2n) is 7.56. The van der Waals surface area contributed by atoms with Crippen molar-refractivity contribution in [2.24, 2.45) is 0 Å². The minimum atomic E-state index is 0.506. The Hall–Kier alpha value is -3.33. The van der Waals surface area contributed by atoms with Gasteiger partial charge < -0.3 is 18.6 Å². The standard InChI is InChI=1S/C23H23N5O3S/c1-29-18-11-10-17(12-19(18)30-2)21-24-20(31-27-21)14-32-23-26-25-22(16-8-9-16)28(23)13-15-6-4-3-5-7-15/h3-7,10-12,16H,8-9,13-14H2,1-2H3. The molecule has 32 heavy (non-hydrogen) atoms. The summed E-state index contributed by atoms with van der Waals surface area (Å²) in [6, 6.07) is 15.9. The van der Waals surface area contributed by atoms with Gasteiger partial charge in [-0.2, -0.15) is 4.98 Å². The predicted octanol–water partition coefficient (Wildman–Crippen LogP) is 4.56. The van der Waals surface area contributed by atoms with Crippen molar-refractivity contribution >= 4 is 11.8 Å². The lowest BCUT2D eigenvalue weighted by Crippen LogP contribution is -2.06. The first kappa shape index (κ1) is 20.6. The largest absolute Gasteiger partial charge is 0.493 e. The number of hydrogen-bond donors (Lipinski definition) is 0. The Morgan fingerprint density at radius 1 is 1.03 bits per heavy atom. The van der Waals surface area contributed by atoms with Gasteiger partial charge in [0, 0.05) is 11.5 Å². The van der Waals surface area contributed by atoms with Crippen molar-refractivity contribution in [2.75, 3.05) is 14.2 Å². The topological polar surface area (TPSA) is 88.1 Å². The van der Waals surface area contributed by atoms with E-state index in [0.29, 0.717) is 34.9 Å². The van der Waals surface area contributed by atoms with Crippen LogP contribution in [0, 0.1) is 0 Å². The average Bonchev–Trinajstić information content (AvgIpc) is 3.43. The Morgan fingerprint density at radius 2 is 1.84 bits per heavy atom. The van der Waals surface area contributed by atoms with Crippen molar-refractivity contribution in [3.63, 3.8) is 0 Å². The van der Waals surface area contributed by atoms with Gasteiger partial charge in [0.05, 0.1) is 26.5 Å². The van der Waals surface area contributed by atoms with E-state index in [9.17, 15) is 0 Å². The molecule has 0 amide bonds. The highest BCUT2D eigenvalue weighted by Crippen LogP contribution is 2.40. The maximum Gasteiger partial charge on any atom is 0.237 e. The number of methoxy groups -OCH3 is 2. The third kappa shape index (κ3) is 4.34. The maximum atomic E-state index is 5.48. The number of ether oxygens (including phenoxy) is 2. The number of hydrogen-bond acceptors (Lipinski definition) is 8. The van der Waals surface area contributed by atoms with E-state index in [0.717, 1.165) is 23.1 Å². The van der Waals surface area contributed by atoms with Gasteiger partial charge >= 0.3 is 0 Å². The van der Waals surface area contributed by atoms with Crippen LogP contribution in [-0.2, 0) is 12.3 Å². The normalized spacial score (nSPS) is 13.3. The number of rotatable bonds is 9. The first-order valence-corrected chi connectivity index (χ1v) is 11.4. The zero-order chi connectivity index (χ0) is 21.9. The van der Waals surface area contributed by atoms with Crippen molar-refractivity contribution in [1.29, 1.82) is 0 Å². The van der Waals surface area contributed by atoms with Crippen LogP contribution in [0.5, 0.6) is 11.5 Å². The molecule has 1 saturated carbocycles. The zero-order valence-corrected chi connectivity index (χ0v) is 18.7. The molecule has 0 N–H and O–H groups in total. The summed E-state index contributed by atoms with van der Waals surface area (Å²) < 4.78 is 18.4. The molecule has 1 aliphatic carbocycles. The van der Waals surface area contributed by atoms with Crippen molar-refractivity contribution < 1.29 is 14.0 Å². The third-order valence-electron chi connectivity index (χ3n) is 5.31. The van der Waals surface area contributed by atoms with Crippen LogP contribution in [0.25, 0.3) is 11.4 Å². The molecule has 4 aromatic rings. The van der Waals surface area contributed by atoms with E-state index < -0.39 is 0 Å². The van der Waals surface area contributed by atoms with Gasteiger partial charge in [-0.05, 0) is 36.6 Å². The summed E-state index contributed by atoms with van der Waals surface area (Å²) in [6.07, 6.45) is 2.35. The molecule has 8 nitrogen and oxygen atoms in total. The Morgan fingerprint density at radius 3 is 2.59 bits per heavy atom. The molecule has 0 bridgehead atoms. The summed E-state index contributed by atoms with van der Waals surface area (Å²) in [5.41, 5.74) is 2.02. The SMILES string of the molecule is COc1ccc(-c2noc(CSc3nnc(C4CC4)n3Cc3ccccc3)n2)cc1OC. The second kappa shape index (κ2) is 9.04. The molecular weight excluding hydrogens is 426 g/mol. The van der Waals surface area contributed by atoms with E-state index in [2.05, 4.69) is 49.2 Å². The second-order valence-corrected chi connectivity index (χ2v) is 8.50. The molecule has 1 aliphatic rings. The van der Waals surface area contributed by atoms with Crippen LogP contribution < -0.4 is 9.47 Å². The Labute approximate surface area is 190 Å². The zero-order valence-electron chi connectivity index (χ0n) is 17.9. The quantitative estimate of drug-likeness (QED) is 0.344. The fourth-order valence-corrected chi connectivity index (χ4v) is 4.28. The van der Waals surface area contributed by atoms with Crippen molar-refractivity contribution in [1.82, 2.24) is 24.9 Å². The van der Waals surface area contributed by atoms with Gasteiger partial charge in [0.2, 0.25) is 11.7 Å². The van der Waals surface area contributed by atoms with Crippen LogP contribution >= 0.6 is 11.8 Å². The highest BCUT2D eigenvalue weighted by molar-refractivity contribution is 7.98. The van der Waals surface area contributed by atoms with Crippen LogP contribution in [-0.4, -0.2) is 39.1 Å². The molecule has 0 aliphatic heterocycles. The van der Waals surface area contributed by atoms with Gasteiger partial charge in [-0.3, -0.25) is 0 Å². The molecule has 2 aromatic heterocycles. The minimum absolute atomic E-state index is 0.506. The molecule has 0 unspecified atom stereocenters. The number of thioether (sulfide) groups is 1. The van der Waals surface area contributed by atoms with E-state index >= 15 is 0 Å². The van der Waals surface area contributed by atoms with Gasteiger partial charge in [0.1, 0.15) is 5.82 Å². The van der Waals surface area contributed by atoms with Crippen molar-refractivity contribution in [2.45, 2.75) is 36.2 Å². The first-order chi connectivity index (χ1) is 15.7. The molecule has 0 radical (unpaired) electrons. The molecule has 0 saturated heterocycles. The number of benzene rings is 2. The van der Waals surface area contributed by atoms with Crippen LogP contribution in [0.4, 0.5) is 0 Å². The minimum Gasteiger partial charge on any atom is -0.493 e. The monoisotopic (exact) mass is 449 g/mol. The highest BCUT2D eigenvalue weighted by atomic mass is 32.2. The fraction of sp³-hybridized carbons (Fsp3) is 0.304. The molecular formula is C23H23N5O3S. The smallest absolute Gasteiger partial charge is 0.237 e. The highest BCUT2D eigenvalue weighted by Gasteiger charge is 2.30. The van der Waals surface area contributed by atoms with E-state index in [1.165, 1.54) is 18.4 Å². The van der Waals surface area contributed by atoms with Crippen LogP contribution in [0.2, 0.25) is 0 Å². The molecule has 0 spiro atoms. The lowest BCUT2D eigenvalue weighted by molar-refractivity contribution is 0.355. The third-order valence-corrected chi connectivity index (χ3v) is 6.26. The van der Waals surface area contributed by atoms with Crippen LogP contribution in [0.3, 0.4) is 0 Å². The summed E-state index contributed by atoms with van der Waals surface area (Å²) in [5, 5.41) is 13.9. The van der Waals surface area contributed by atoms with Gasteiger partial charge in [-0.15, -0.1) is 10.2 Å². The molecule has 2 aromatic carbocycles. The lowest BCUT2D eigenvalue weighted by atomic mass is 10.2. The Kier molecular flexibility index (Phi) is 5.81. The van der Waals surface area contributed by atoms with E-state index in [1.807, 2.05) is 24.3 Å². The number of aromatic nitrogens is 5. The van der Waals surface area contributed by atoms with Crippen LogP contribution in [0.15, 0.2) is 58.2 Å².